The Morgan fingerprint density at radius 3 is 2.54 bits per heavy atom. The number of imidazole rings is 1. The molecule has 0 unspecified atom stereocenters. The summed E-state index contributed by atoms with van der Waals surface area (Å²) >= 11 is 0. The second-order valence-corrected chi connectivity index (χ2v) is 5.20. The Morgan fingerprint density at radius 1 is 1.29 bits per heavy atom. The summed E-state index contributed by atoms with van der Waals surface area (Å²) in [6.45, 7) is -0.564. The minimum atomic E-state index is -4.78. The normalized spacial score (nSPS) is 27.8. The van der Waals surface area contributed by atoms with Gasteiger partial charge in [-0.2, -0.15) is 13.2 Å². The van der Waals surface area contributed by atoms with Gasteiger partial charge in [0.2, 0.25) is 5.82 Å². The van der Waals surface area contributed by atoms with Crippen LogP contribution in [0.4, 0.5) is 19.0 Å². The predicted octanol–water partition coefficient (Wildman–Crippen LogP) is -0.502. The number of aromatic nitrogens is 4. The molecule has 1 saturated heterocycles. The van der Waals surface area contributed by atoms with E-state index in [-0.39, 0.29) is 17.0 Å². The van der Waals surface area contributed by atoms with Gasteiger partial charge in [0, 0.05) is 7.05 Å². The molecule has 0 aromatic carbocycles. The quantitative estimate of drug-likeness (QED) is 0.584. The first-order valence-corrected chi connectivity index (χ1v) is 6.90. The van der Waals surface area contributed by atoms with Gasteiger partial charge in [-0.05, 0) is 0 Å². The third-order valence-electron chi connectivity index (χ3n) is 3.70. The standard InChI is InChI=1S/C12H14F3N5O4/c1-16-8-5-9(19-11(18-8)12(13,14)15)20(3-17-5)10-7(23)6(22)4(2-21)24-10/h3-4,6-7,10,21-23H,2H2,1H3,(H,16,18,19)/t4-,6-,7-,10-/m1/s1. The fourth-order valence-electron chi connectivity index (χ4n) is 2.51. The Hall–Kier alpha value is -2.02. The smallest absolute Gasteiger partial charge is 0.394 e. The molecule has 9 nitrogen and oxygen atoms in total. The van der Waals surface area contributed by atoms with E-state index >= 15 is 0 Å². The zero-order valence-electron chi connectivity index (χ0n) is 12.3. The minimum absolute atomic E-state index is 0.0447. The van der Waals surface area contributed by atoms with E-state index in [1.807, 2.05) is 0 Å². The Bertz CT molecular complexity index is 752. The Labute approximate surface area is 132 Å². The van der Waals surface area contributed by atoms with Crippen molar-refractivity contribution in [1.82, 2.24) is 19.5 Å². The molecule has 2 aromatic rings. The van der Waals surface area contributed by atoms with Crippen LogP contribution in [0.15, 0.2) is 6.33 Å². The lowest BCUT2D eigenvalue weighted by Gasteiger charge is -2.17. The van der Waals surface area contributed by atoms with Gasteiger partial charge < -0.3 is 25.4 Å². The second-order valence-electron chi connectivity index (χ2n) is 5.20. The molecule has 0 bridgehead atoms. The zero-order chi connectivity index (χ0) is 17.6. The molecule has 3 rings (SSSR count). The lowest BCUT2D eigenvalue weighted by atomic mass is 10.1. The molecule has 0 spiro atoms. The number of rotatable bonds is 3. The average Bonchev–Trinajstić information content (AvgIpc) is 3.08. The van der Waals surface area contributed by atoms with Gasteiger partial charge in [0.05, 0.1) is 12.9 Å². The molecule has 24 heavy (non-hydrogen) atoms. The maximum Gasteiger partial charge on any atom is 0.451 e. The van der Waals surface area contributed by atoms with Crippen LogP contribution < -0.4 is 5.32 Å². The summed E-state index contributed by atoms with van der Waals surface area (Å²) in [6.07, 6.45) is -8.84. The lowest BCUT2D eigenvalue weighted by molar-refractivity contribution is -0.144. The molecule has 0 aliphatic carbocycles. The summed E-state index contributed by atoms with van der Waals surface area (Å²) in [5.74, 6) is -1.52. The van der Waals surface area contributed by atoms with E-state index in [0.29, 0.717) is 0 Å². The number of fused-ring (bicyclic) bond motifs is 1. The van der Waals surface area contributed by atoms with Gasteiger partial charge in [-0.15, -0.1) is 0 Å². The Balaban J connectivity index is 2.13. The van der Waals surface area contributed by atoms with Gasteiger partial charge >= 0.3 is 6.18 Å². The number of ether oxygens (including phenoxy) is 1. The van der Waals surface area contributed by atoms with Gasteiger partial charge in [0.15, 0.2) is 23.2 Å². The van der Waals surface area contributed by atoms with Crippen LogP contribution in [-0.4, -0.2) is 66.8 Å². The van der Waals surface area contributed by atoms with Crippen LogP contribution in [0, 0.1) is 0 Å². The van der Waals surface area contributed by atoms with Crippen LogP contribution in [0.25, 0.3) is 11.2 Å². The van der Waals surface area contributed by atoms with Crippen molar-refractivity contribution in [1.29, 1.82) is 0 Å². The SMILES string of the molecule is CNc1nc(C(F)(F)F)nc2c1ncn2[C@@H]1O[C@H](CO)[C@@H](O)[C@H]1O. The maximum atomic E-state index is 13.0. The topological polar surface area (TPSA) is 126 Å². The monoisotopic (exact) mass is 349 g/mol. The molecule has 12 heteroatoms. The van der Waals surface area contributed by atoms with E-state index in [0.717, 1.165) is 10.9 Å². The van der Waals surface area contributed by atoms with E-state index in [9.17, 15) is 23.4 Å². The van der Waals surface area contributed by atoms with Gasteiger partial charge in [-0.25, -0.2) is 15.0 Å². The van der Waals surface area contributed by atoms with E-state index < -0.39 is 43.1 Å². The Kier molecular flexibility index (Phi) is 4.07. The summed E-state index contributed by atoms with van der Waals surface area (Å²) < 4.78 is 45.3. The van der Waals surface area contributed by atoms with E-state index in [4.69, 9.17) is 9.84 Å². The van der Waals surface area contributed by atoms with Crippen molar-refractivity contribution in [2.75, 3.05) is 19.0 Å². The number of halogens is 3. The van der Waals surface area contributed by atoms with Crippen molar-refractivity contribution in [3.8, 4) is 0 Å². The molecule has 2 aromatic heterocycles. The van der Waals surface area contributed by atoms with Crippen LogP contribution in [0.5, 0.6) is 0 Å². The molecule has 0 saturated carbocycles. The molecule has 1 aliphatic heterocycles. The number of alkyl halides is 3. The van der Waals surface area contributed by atoms with Crippen LogP contribution in [0.1, 0.15) is 12.1 Å². The zero-order valence-corrected chi connectivity index (χ0v) is 12.3. The van der Waals surface area contributed by atoms with Crippen LogP contribution in [0.2, 0.25) is 0 Å². The number of aliphatic hydroxyl groups excluding tert-OH is 3. The van der Waals surface area contributed by atoms with E-state index in [1.54, 1.807) is 0 Å². The minimum Gasteiger partial charge on any atom is -0.394 e. The van der Waals surface area contributed by atoms with Gasteiger partial charge in [0.1, 0.15) is 18.3 Å². The molecular weight excluding hydrogens is 335 g/mol. The molecule has 3 heterocycles. The van der Waals surface area contributed by atoms with Crippen molar-refractivity contribution in [2.24, 2.45) is 0 Å². The number of anilines is 1. The van der Waals surface area contributed by atoms with Crippen LogP contribution in [0.3, 0.4) is 0 Å². The fraction of sp³-hybridized carbons (Fsp3) is 0.583. The van der Waals surface area contributed by atoms with Gasteiger partial charge in [-0.1, -0.05) is 0 Å². The van der Waals surface area contributed by atoms with Crippen molar-refractivity contribution in [2.45, 2.75) is 30.7 Å². The molecule has 1 fully saturated rings. The maximum absolute atomic E-state index is 13.0. The molecule has 0 amide bonds. The number of hydrogen-bond donors (Lipinski definition) is 4. The van der Waals surface area contributed by atoms with Crippen molar-refractivity contribution >= 4 is 17.0 Å². The molecule has 0 radical (unpaired) electrons. The van der Waals surface area contributed by atoms with Crippen molar-refractivity contribution in [3.05, 3.63) is 12.2 Å². The number of aliphatic hydroxyl groups is 3. The predicted molar refractivity (Wildman–Crippen MR) is 72.9 cm³/mol. The molecular formula is C12H14F3N5O4. The number of nitrogens with one attached hydrogen (secondary N) is 1. The first-order valence-electron chi connectivity index (χ1n) is 6.90. The molecule has 132 valence electrons. The molecule has 4 N–H and O–H groups in total. The van der Waals surface area contributed by atoms with Gasteiger partial charge in [0.25, 0.3) is 0 Å². The van der Waals surface area contributed by atoms with E-state index in [2.05, 4.69) is 20.3 Å². The molecule has 1 aliphatic rings. The van der Waals surface area contributed by atoms with Crippen LogP contribution >= 0.6 is 0 Å². The highest BCUT2D eigenvalue weighted by Gasteiger charge is 2.44. The summed E-state index contributed by atoms with van der Waals surface area (Å²) in [5.41, 5.74) is -0.181. The second kappa shape index (κ2) is 5.81. The van der Waals surface area contributed by atoms with Crippen molar-refractivity contribution in [3.63, 3.8) is 0 Å². The Morgan fingerprint density at radius 2 is 2.00 bits per heavy atom. The fourth-order valence-corrected chi connectivity index (χ4v) is 2.51. The summed E-state index contributed by atoms with van der Waals surface area (Å²) in [7, 11) is 1.38. The summed E-state index contributed by atoms with van der Waals surface area (Å²) in [4.78, 5) is 10.8. The average molecular weight is 349 g/mol. The highest BCUT2D eigenvalue weighted by Crippen LogP contribution is 2.34. The molecule has 4 atom stereocenters. The highest BCUT2D eigenvalue weighted by atomic mass is 19.4. The lowest BCUT2D eigenvalue weighted by Crippen LogP contribution is -2.33. The van der Waals surface area contributed by atoms with Crippen LogP contribution in [-0.2, 0) is 10.9 Å². The summed E-state index contributed by atoms with van der Waals surface area (Å²) in [5, 5.41) is 31.4. The third-order valence-corrected chi connectivity index (χ3v) is 3.70. The number of hydrogen-bond acceptors (Lipinski definition) is 8. The van der Waals surface area contributed by atoms with Gasteiger partial charge in [-0.3, -0.25) is 4.57 Å². The van der Waals surface area contributed by atoms with Crippen molar-refractivity contribution < 1.29 is 33.2 Å². The first kappa shape index (κ1) is 16.8. The highest BCUT2D eigenvalue weighted by molar-refractivity contribution is 5.83. The summed E-state index contributed by atoms with van der Waals surface area (Å²) in [6, 6.07) is 0. The largest absolute Gasteiger partial charge is 0.451 e. The van der Waals surface area contributed by atoms with E-state index in [1.165, 1.54) is 7.05 Å². The number of nitrogens with zero attached hydrogens (tertiary/aromatic N) is 4. The third kappa shape index (κ3) is 2.56. The first-order chi connectivity index (χ1) is 11.3.